The molecule has 0 saturated heterocycles. The van der Waals surface area contributed by atoms with Crippen molar-refractivity contribution in [2.45, 2.75) is 12.8 Å². The molecule has 4 nitrogen and oxygen atoms in total. The maximum absolute atomic E-state index is 10.8. The van der Waals surface area contributed by atoms with Crippen molar-refractivity contribution >= 4 is 23.8 Å². The van der Waals surface area contributed by atoms with Gasteiger partial charge in [-0.1, -0.05) is 48.0 Å². The molecule has 0 unspecified atom stereocenters. The molecule has 4 aromatic rings. The Hall–Kier alpha value is -3.89. The first-order valence-electron chi connectivity index (χ1n) is 10.6. The van der Waals surface area contributed by atoms with E-state index in [9.17, 15) is 20.4 Å². The summed E-state index contributed by atoms with van der Waals surface area (Å²) in [5.74, 6) is 0.252. The maximum atomic E-state index is 10.8. The molecule has 0 saturated carbocycles. The van der Waals surface area contributed by atoms with Crippen LogP contribution in [0.25, 0.3) is 34.4 Å². The number of phenols is 4. The van der Waals surface area contributed by atoms with Crippen LogP contribution in [0.1, 0.15) is 22.3 Å². The van der Waals surface area contributed by atoms with Crippen molar-refractivity contribution in [2.75, 3.05) is 0 Å². The van der Waals surface area contributed by atoms with Crippen LogP contribution in [0, 0.1) is 0 Å². The summed E-state index contributed by atoms with van der Waals surface area (Å²) < 4.78 is 0. The first kappa shape index (κ1) is 21.0. The van der Waals surface area contributed by atoms with Gasteiger partial charge in [-0.2, -0.15) is 0 Å². The molecule has 4 N–H and O–H groups in total. The molecule has 2 aliphatic rings. The summed E-state index contributed by atoms with van der Waals surface area (Å²) in [6.45, 7) is 0. The zero-order valence-corrected chi connectivity index (χ0v) is 18.3. The topological polar surface area (TPSA) is 80.9 Å². The zero-order valence-electron chi connectivity index (χ0n) is 17.6. The molecule has 0 radical (unpaired) electrons. The predicted molar refractivity (Wildman–Crippen MR) is 132 cm³/mol. The normalized spacial score (nSPS) is 12.5. The summed E-state index contributed by atoms with van der Waals surface area (Å²) in [5, 5.41) is 42.2. The zero-order chi connectivity index (χ0) is 23.1. The van der Waals surface area contributed by atoms with Gasteiger partial charge in [0.2, 0.25) is 0 Å². The monoisotopic (exact) mass is 456 g/mol. The van der Waals surface area contributed by atoms with E-state index in [0.717, 1.165) is 27.8 Å². The largest absolute Gasteiger partial charge is 0.508 e. The number of rotatable bonds is 0. The van der Waals surface area contributed by atoms with Gasteiger partial charge in [0.15, 0.2) is 0 Å². The fourth-order valence-electron chi connectivity index (χ4n) is 4.28. The summed E-state index contributed by atoms with van der Waals surface area (Å²) >= 11 is 6.30. The lowest BCUT2D eigenvalue weighted by Crippen LogP contribution is -1.96. The van der Waals surface area contributed by atoms with Gasteiger partial charge in [0.1, 0.15) is 23.0 Å². The lowest BCUT2D eigenvalue weighted by atomic mass is 9.92. The van der Waals surface area contributed by atoms with Gasteiger partial charge in [-0.3, -0.25) is 0 Å². The molecule has 164 valence electrons. The van der Waals surface area contributed by atoms with Crippen LogP contribution in [-0.2, 0) is 12.8 Å². The van der Waals surface area contributed by atoms with E-state index in [2.05, 4.69) is 0 Å². The van der Waals surface area contributed by atoms with Gasteiger partial charge in [0.25, 0.3) is 0 Å². The van der Waals surface area contributed by atoms with Crippen LogP contribution in [0.5, 0.6) is 23.0 Å². The number of benzene rings is 4. The Balaban J connectivity index is 1.75. The Kier molecular flexibility index (Phi) is 5.23. The van der Waals surface area contributed by atoms with Crippen molar-refractivity contribution in [1.82, 2.24) is 0 Å². The number of aromatic hydroxyl groups is 4. The van der Waals surface area contributed by atoms with Crippen LogP contribution in [0.4, 0.5) is 0 Å². The summed E-state index contributed by atoms with van der Waals surface area (Å²) in [6, 6.07) is 19.3. The summed E-state index contributed by atoms with van der Waals surface area (Å²) in [5.41, 5.74) is 5.84. The van der Waals surface area contributed by atoms with E-state index in [-0.39, 0.29) is 28.0 Å². The van der Waals surface area contributed by atoms with Gasteiger partial charge < -0.3 is 20.4 Å². The fraction of sp³-hybridized carbons (Fsp3) is 0.0714. The Morgan fingerprint density at radius 1 is 0.576 bits per heavy atom. The van der Waals surface area contributed by atoms with Crippen LogP contribution < -0.4 is 0 Å². The standard InChI is InChI=1S/C28H21ClO4/c29-25-13-18-2-1-17-4-8-22(27(32)14-17)21-9-7-20(30)15-19(21)6-3-16-5-10-26(31)23(11-16)24(12-18)28(25)33/h1-2,4-5,7-15,30-33H,3,6H2. The molecule has 6 rings (SSSR count). The van der Waals surface area contributed by atoms with E-state index in [4.69, 9.17) is 11.6 Å². The van der Waals surface area contributed by atoms with Gasteiger partial charge in [0.05, 0.1) is 5.02 Å². The number of hydrogen-bond donors (Lipinski definition) is 4. The third kappa shape index (κ3) is 4.01. The SMILES string of the molecule is Oc1ccc2c(c1)CCc1ccc(O)c(c1)-c1cc(cc(Cl)c1O)C=Cc1ccc-2c(O)c1. The van der Waals surface area contributed by atoms with Crippen molar-refractivity contribution in [1.29, 1.82) is 0 Å². The number of hydrogen-bond acceptors (Lipinski definition) is 4. The number of aryl methyl sites for hydroxylation is 2. The maximum Gasteiger partial charge on any atom is 0.142 e. The lowest BCUT2D eigenvalue weighted by Gasteiger charge is -2.15. The molecule has 5 heteroatoms. The summed E-state index contributed by atoms with van der Waals surface area (Å²) in [6.07, 6.45) is 4.90. The quantitative estimate of drug-likeness (QED) is 0.235. The molecule has 4 aromatic carbocycles. The van der Waals surface area contributed by atoms with Crippen LogP contribution >= 0.6 is 11.6 Å². The lowest BCUT2D eigenvalue weighted by molar-refractivity contribution is 0.469. The van der Waals surface area contributed by atoms with E-state index in [1.807, 2.05) is 42.5 Å². The van der Waals surface area contributed by atoms with Crippen molar-refractivity contribution in [3.8, 4) is 45.3 Å². The summed E-state index contributed by atoms with van der Waals surface area (Å²) in [7, 11) is 0. The minimum Gasteiger partial charge on any atom is -0.508 e. The third-order valence-electron chi connectivity index (χ3n) is 5.99. The molecule has 0 spiro atoms. The molecule has 0 aliphatic heterocycles. The highest BCUT2D eigenvalue weighted by atomic mass is 35.5. The molecular formula is C28H21ClO4. The minimum absolute atomic E-state index is 0.0465. The van der Waals surface area contributed by atoms with Gasteiger partial charge >= 0.3 is 0 Å². The first-order valence-corrected chi connectivity index (χ1v) is 10.9. The summed E-state index contributed by atoms with van der Waals surface area (Å²) in [4.78, 5) is 0. The van der Waals surface area contributed by atoms with Crippen LogP contribution in [-0.4, -0.2) is 20.4 Å². The van der Waals surface area contributed by atoms with Crippen molar-refractivity contribution in [3.63, 3.8) is 0 Å². The highest BCUT2D eigenvalue weighted by Gasteiger charge is 2.16. The number of fused-ring (bicyclic) bond motifs is 3. The van der Waals surface area contributed by atoms with E-state index in [1.165, 1.54) is 0 Å². The smallest absolute Gasteiger partial charge is 0.142 e. The van der Waals surface area contributed by atoms with Crippen molar-refractivity contribution in [2.24, 2.45) is 0 Å². The average molecular weight is 457 g/mol. The number of halogens is 1. The Bertz CT molecular complexity index is 1420. The van der Waals surface area contributed by atoms with E-state index < -0.39 is 0 Å². The molecule has 33 heavy (non-hydrogen) atoms. The molecule has 0 fully saturated rings. The van der Waals surface area contributed by atoms with E-state index in [0.29, 0.717) is 29.5 Å². The third-order valence-corrected chi connectivity index (χ3v) is 6.28. The van der Waals surface area contributed by atoms with Crippen molar-refractivity contribution in [3.05, 3.63) is 94.0 Å². The highest BCUT2D eigenvalue weighted by Crippen LogP contribution is 2.42. The minimum atomic E-state index is -0.0975. The van der Waals surface area contributed by atoms with E-state index >= 15 is 0 Å². The van der Waals surface area contributed by atoms with Crippen LogP contribution in [0.15, 0.2) is 66.7 Å². The van der Waals surface area contributed by atoms with Gasteiger partial charge in [-0.05, 0) is 83.1 Å². The fourth-order valence-corrected chi connectivity index (χ4v) is 4.51. The molecule has 0 aromatic heterocycles. The Morgan fingerprint density at radius 3 is 2.18 bits per heavy atom. The predicted octanol–water partition coefficient (Wildman–Crippen LogP) is 6.77. The highest BCUT2D eigenvalue weighted by molar-refractivity contribution is 6.32. The van der Waals surface area contributed by atoms with Crippen LogP contribution in [0.2, 0.25) is 5.02 Å². The molecule has 6 bridgehead atoms. The second kappa shape index (κ2) is 8.23. The average Bonchev–Trinajstić information content (AvgIpc) is 2.79. The first-order chi connectivity index (χ1) is 15.9. The van der Waals surface area contributed by atoms with Gasteiger partial charge in [-0.25, -0.2) is 0 Å². The molecule has 0 atom stereocenters. The molecule has 2 aliphatic carbocycles. The number of phenolic OH excluding ortho intramolecular Hbond substituents is 4. The Labute approximate surface area is 196 Å². The molecule has 0 heterocycles. The van der Waals surface area contributed by atoms with Gasteiger partial charge in [0, 0.05) is 16.7 Å². The second-order valence-electron chi connectivity index (χ2n) is 8.20. The second-order valence-corrected chi connectivity index (χ2v) is 8.61. The van der Waals surface area contributed by atoms with Crippen LogP contribution in [0.3, 0.4) is 0 Å². The molecular weight excluding hydrogens is 436 g/mol. The Morgan fingerprint density at radius 2 is 1.36 bits per heavy atom. The van der Waals surface area contributed by atoms with Gasteiger partial charge in [-0.15, -0.1) is 0 Å². The molecule has 0 amide bonds. The van der Waals surface area contributed by atoms with E-state index in [1.54, 1.807) is 36.4 Å². The van der Waals surface area contributed by atoms with Crippen molar-refractivity contribution < 1.29 is 20.4 Å².